The molecule has 0 aliphatic rings. The zero-order valence-electron chi connectivity index (χ0n) is 17.4. The summed E-state index contributed by atoms with van der Waals surface area (Å²) in [5.41, 5.74) is 0.346. The molecule has 0 atom stereocenters. The van der Waals surface area contributed by atoms with Crippen LogP contribution in [0.15, 0.2) is 52.3 Å². The standard InChI is InChI=1S/C22H21Cl3N2O3S/c1-13-20(31-16-8-5-14(23)6-9-16)21(27(26-13)22(2,3)4)30-19(28)12-29-18-10-7-15(24)11-17(18)25/h5-11H,12H2,1-4H3. The van der Waals surface area contributed by atoms with E-state index in [-0.39, 0.29) is 6.61 Å². The minimum Gasteiger partial charge on any atom is -0.480 e. The first kappa shape index (κ1) is 23.8. The van der Waals surface area contributed by atoms with E-state index >= 15 is 0 Å². The van der Waals surface area contributed by atoms with Crippen LogP contribution in [0, 0.1) is 6.92 Å². The van der Waals surface area contributed by atoms with Gasteiger partial charge in [0.25, 0.3) is 0 Å². The zero-order chi connectivity index (χ0) is 22.8. The van der Waals surface area contributed by atoms with Gasteiger partial charge < -0.3 is 9.47 Å². The predicted molar refractivity (Wildman–Crippen MR) is 125 cm³/mol. The first-order valence-corrected chi connectivity index (χ1v) is 11.3. The lowest BCUT2D eigenvalue weighted by atomic mass is 10.1. The quantitative estimate of drug-likeness (QED) is 0.340. The molecule has 9 heteroatoms. The summed E-state index contributed by atoms with van der Waals surface area (Å²) in [5.74, 6) is 0.134. The number of aromatic nitrogens is 2. The van der Waals surface area contributed by atoms with Gasteiger partial charge in [-0.15, -0.1) is 0 Å². The maximum atomic E-state index is 12.6. The lowest BCUT2D eigenvalue weighted by Gasteiger charge is -2.22. The fourth-order valence-electron chi connectivity index (χ4n) is 2.64. The number of hydrogen-bond donors (Lipinski definition) is 0. The van der Waals surface area contributed by atoms with Crippen LogP contribution in [0.25, 0.3) is 0 Å². The largest absolute Gasteiger partial charge is 0.480 e. The Bertz CT molecular complexity index is 1090. The molecule has 0 spiro atoms. The van der Waals surface area contributed by atoms with Crippen molar-refractivity contribution in [1.29, 1.82) is 0 Å². The van der Waals surface area contributed by atoms with Crippen molar-refractivity contribution in [2.24, 2.45) is 0 Å². The minimum absolute atomic E-state index is 0.315. The molecule has 164 valence electrons. The highest BCUT2D eigenvalue weighted by Gasteiger charge is 2.27. The van der Waals surface area contributed by atoms with Crippen LogP contribution in [0.4, 0.5) is 0 Å². The second-order valence-corrected chi connectivity index (χ2v) is 10.1. The third-order valence-corrected chi connectivity index (χ3v) is 6.05. The van der Waals surface area contributed by atoms with Gasteiger partial charge in [-0.25, -0.2) is 9.48 Å². The number of rotatable bonds is 6. The summed E-state index contributed by atoms with van der Waals surface area (Å²) in [4.78, 5) is 14.3. The monoisotopic (exact) mass is 498 g/mol. The number of aryl methyl sites for hydroxylation is 1. The first-order chi connectivity index (χ1) is 14.5. The third-order valence-electron chi connectivity index (χ3n) is 4.08. The Morgan fingerprint density at radius 1 is 1.06 bits per heavy atom. The highest BCUT2D eigenvalue weighted by molar-refractivity contribution is 7.99. The number of halogens is 3. The molecule has 3 aromatic rings. The SMILES string of the molecule is Cc1nn(C(C)(C)C)c(OC(=O)COc2ccc(Cl)cc2Cl)c1Sc1ccc(Cl)cc1. The summed E-state index contributed by atoms with van der Waals surface area (Å²) in [6.07, 6.45) is 0. The maximum Gasteiger partial charge on any atom is 0.350 e. The van der Waals surface area contributed by atoms with Gasteiger partial charge in [0.1, 0.15) is 5.75 Å². The fourth-order valence-corrected chi connectivity index (χ4v) is 4.14. The van der Waals surface area contributed by atoms with Crippen LogP contribution in [0.2, 0.25) is 15.1 Å². The van der Waals surface area contributed by atoms with E-state index in [1.54, 1.807) is 22.9 Å². The Morgan fingerprint density at radius 2 is 1.71 bits per heavy atom. The van der Waals surface area contributed by atoms with Crippen LogP contribution < -0.4 is 9.47 Å². The molecule has 1 heterocycles. The van der Waals surface area contributed by atoms with Crippen molar-refractivity contribution in [1.82, 2.24) is 9.78 Å². The molecule has 0 bridgehead atoms. The van der Waals surface area contributed by atoms with Crippen molar-refractivity contribution in [2.75, 3.05) is 6.61 Å². The van der Waals surface area contributed by atoms with Crippen LogP contribution in [0.5, 0.6) is 11.6 Å². The molecule has 0 saturated heterocycles. The lowest BCUT2D eigenvalue weighted by Crippen LogP contribution is -2.27. The molecule has 0 unspecified atom stereocenters. The molecule has 0 radical (unpaired) electrons. The van der Waals surface area contributed by atoms with Crippen LogP contribution in [0.1, 0.15) is 26.5 Å². The number of carbonyl (C=O) groups is 1. The molecule has 31 heavy (non-hydrogen) atoms. The van der Waals surface area contributed by atoms with Gasteiger partial charge in [0.15, 0.2) is 6.61 Å². The van der Waals surface area contributed by atoms with Crippen molar-refractivity contribution in [3.8, 4) is 11.6 Å². The molecule has 0 N–H and O–H groups in total. The average molecular weight is 500 g/mol. The molecule has 0 amide bonds. The van der Waals surface area contributed by atoms with E-state index in [0.29, 0.717) is 26.7 Å². The van der Waals surface area contributed by atoms with E-state index in [4.69, 9.17) is 44.3 Å². The van der Waals surface area contributed by atoms with Gasteiger partial charge in [-0.3, -0.25) is 0 Å². The van der Waals surface area contributed by atoms with Gasteiger partial charge in [0.2, 0.25) is 5.88 Å². The Morgan fingerprint density at radius 3 is 2.32 bits per heavy atom. The summed E-state index contributed by atoms with van der Waals surface area (Å²) in [7, 11) is 0. The van der Waals surface area contributed by atoms with E-state index in [9.17, 15) is 4.79 Å². The predicted octanol–water partition coefficient (Wildman–Crippen LogP) is 7.04. The molecule has 5 nitrogen and oxygen atoms in total. The number of benzene rings is 2. The van der Waals surface area contributed by atoms with Gasteiger partial charge in [-0.05, 0) is 70.2 Å². The van der Waals surface area contributed by atoms with Crippen molar-refractivity contribution in [3.05, 3.63) is 63.2 Å². The minimum atomic E-state index is -0.575. The third kappa shape index (κ3) is 6.10. The summed E-state index contributed by atoms with van der Waals surface area (Å²) in [6.45, 7) is 7.51. The second-order valence-electron chi connectivity index (χ2n) is 7.70. The molecule has 0 aliphatic carbocycles. The van der Waals surface area contributed by atoms with Crippen molar-refractivity contribution < 1.29 is 14.3 Å². The maximum absolute atomic E-state index is 12.6. The Balaban J connectivity index is 1.83. The van der Waals surface area contributed by atoms with Gasteiger partial charge in [-0.1, -0.05) is 46.6 Å². The van der Waals surface area contributed by atoms with Crippen LogP contribution in [0.3, 0.4) is 0 Å². The highest BCUT2D eigenvalue weighted by atomic mass is 35.5. The topological polar surface area (TPSA) is 53.4 Å². The summed E-state index contributed by atoms with van der Waals surface area (Å²) >= 11 is 19.4. The molecule has 0 saturated carbocycles. The van der Waals surface area contributed by atoms with Gasteiger partial charge >= 0.3 is 5.97 Å². The van der Waals surface area contributed by atoms with Gasteiger partial charge in [0.05, 0.1) is 21.2 Å². The van der Waals surface area contributed by atoms with E-state index in [1.165, 1.54) is 11.8 Å². The van der Waals surface area contributed by atoms with Crippen LogP contribution >= 0.6 is 46.6 Å². The smallest absolute Gasteiger partial charge is 0.350 e. The first-order valence-electron chi connectivity index (χ1n) is 9.36. The van der Waals surface area contributed by atoms with Crippen molar-refractivity contribution in [3.63, 3.8) is 0 Å². The van der Waals surface area contributed by atoms with Gasteiger partial charge in [-0.2, -0.15) is 5.10 Å². The van der Waals surface area contributed by atoms with E-state index < -0.39 is 11.5 Å². The number of esters is 1. The molecule has 1 aromatic heterocycles. The zero-order valence-corrected chi connectivity index (χ0v) is 20.5. The normalized spacial score (nSPS) is 11.5. The van der Waals surface area contributed by atoms with Gasteiger partial charge in [0, 0.05) is 14.9 Å². The van der Waals surface area contributed by atoms with E-state index in [0.717, 1.165) is 15.5 Å². The highest BCUT2D eigenvalue weighted by Crippen LogP contribution is 2.40. The lowest BCUT2D eigenvalue weighted by molar-refractivity contribution is -0.137. The molecular weight excluding hydrogens is 479 g/mol. The molecule has 3 rings (SSSR count). The Kier molecular flexibility index (Phi) is 7.47. The molecular formula is C22H21Cl3N2O3S. The molecule has 0 aliphatic heterocycles. The van der Waals surface area contributed by atoms with E-state index in [2.05, 4.69) is 5.10 Å². The number of nitrogens with zero attached hydrogens (tertiary/aromatic N) is 2. The number of hydrogen-bond acceptors (Lipinski definition) is 5. The number of ether oxygens (including phenoxy) is 2. The van der Waals surface area contributed by atoms with Crippen molar-refractivity contribution >= 4 is 52.5 Å². The Hall–Kier alpha value is -1.86. The summed E-state index contributed by atoms with van der Waals surface area (Å²) in [6, 6.07) is 12.2. The summed E-state index contributed by atoms with van der Waals surface area (Å²) < 4.78 is 12.9. The molecule has 2 aromatic carbocycles. The van der Waals surface area contributed by atoms with Crippen LogP contribution in [-0.2, 0) is 10.3 Å². The van der Waals surface area contributed by atoms with Crippen molar-refractivity contribution in [2.45, 2.75) is 43.0 Å². The summed E-state index contributed by atoms with van der Waals surface area (Å²) in [5, 5.41) is 6.05. The van der Waals surface area contributed by atoms with E-state index in [1.807, 2.05) is 52.0 Å². The average Bonchev–Trinajstić information content (AvgIpc) is 2.99. The second kappa shape index (κ2) is 9.74. The molecule has 0 fully saturated rings. The Labute approximate surface area is 200 Å². The fraction of sp³-hybridized carbons (Fsp3) is 0.273. The van der Waals surface area contributed by atoms with Crippen LogP contribution in [-0.4, -0.2) is 22.4 Å². The number of carbonyl (C=O) groups excluding carboxylic acids is 1.